The number of carbonyl (C=O) groups is 1. The van der Waals surface area contributed by atoms with E-state index in [0.717, 1.165) is 30.4 Å². The first-order chi connectivity index (χ1) is 14.0. The van der Waals surface area contributed by atoms with E-state index in [0.29, 0.717) is 24.0 Å². The number of benzene rings is 2. The number of amides is 1. The van der Waals surface area contributed by atoms with Gasteiger partial charge in [0.15, 0.2) is 0 Å². The number of carbonyl (C=O) groups excluding carboxylic acids is 1. The number of fused-ring (bicyclic) bond motifs is 1. The molecule has 0 spiro atoms. The average Bonchev–Trinajstić information content (AvgIpc) is 2.72. The number of rotatable bonds is 9. The highest BCUT2D eigenvalue weighted by Gasteiger charge is 2.07. The molecule has 0 aliphatic carbocycles. The van der Waals surface area contributed by atoms with Crippen LogP contribution < -0.4 is 15.6 Å². The Morgan fingerprint density at radius 1 is 1.07 bits per heavy atom. The second kappa shape index (κ2) is 9.87. The first-order valence-corrected chi connectivity index (χ1v) is 9.76. The normalized spacial score (nSPS) is 10.8. The Balaban J connectivity index is 1.39. The van der Waals surface area contributed by atoms with Gasteiger partial charge in [-0.3, -0.25) is 9.59 Å². The number of pyridine rings is 1. The van der Waals surface area contributed by atoms with E-state index >= 15 is 0 Å². The highest BCUT2D eigenvalue weighted by Crippen LogP contribution is 2.14. The third kappa shape index (κ3) is 5.91. The maximum atomic E-state index is 13.2. The number of hydrogen-bond acceptors (Lipinski definition) is 3. The van der Waals surface area contributed by atoms with E-state index in [-0.39, 0.29) is 17.9 Å². The Morgan fingerprint density at radius 3 is 2.62 bits per heavy atom. The minimum atomic E-state index is -0.396. The zero-order chi connectivity index (χ0) is 20.6. The van der Waals surface area contributed by atoms with E-state index < -0.39 is 5.82 Å². The number of hydrogen-bond donors (Lipinski definition) is 2. The first-order valence-electron chi connectivity index (χ1n) is 9.76. The van der Waals surface area contributed by atoms with Crippen LogP contribution in [0.3, 0.4) is 0 Å². The molecule has 0 fully saturated rings. The van der Waals surface area contributed by atoms with Gasteiger partial charge in [0.05, 0.1) is 12.6 Å². The molecule has 6 heteroatoms. The van der Waals surface area contributed by atoms with Gasteiger partial charge >= 0.3 is 0 Å². The van der Waals surface area contributed by atoms with Crippen LogP contribution >= 0.6 is 0 Å². The van der Waals surface area contributed by atoms with Crippen molar-refractivity contribution in [1.29, 1.82) is 0 Å². The number of nitrogens with one attached hydrogen (secondary N) is 2. The molecule has 152 valence electrons. The molecule has 1 aromatic heterocycles. The van der Waals surface area contributed by atoms with Crippen molar-refractivity contribution in [2.24, 2.45) is 0 Å². The van der Waals surface area contributed by atoms with Crippen molar-refractivity contribution in [1.82, 2.24) is 10.3 Å². The maximum Gasteiger partial charge on any atom is 0.251 e. The molecule has 0 saturated heterocycles. The molecule has 0 bridgehead atoms. The molecule has 29 heavy (non-hydrogen) atoms. The molecule has 0 aliphatic rings. The summed E-state index contributed by atoms with van der Waals surface area (Å²) in [5, 5.41) is 3.65. The quantitative estimate of drug-likeness (QED) is 0.541. The number of methoxy groups -OCH3 is 1. The van der Waals surface area contributed by atoms with Crippen molar-refractivity contribution in [3.63, 3.8) is 0 Å². The van der Waals surface area contributed by atoms with Crippen LogP contribution in [0.1, 0.15) is 30.4 Å². The van der Waals surface area contributed by atoms with Gasteiger partial charge in [-0.15, -0.1) is 0 Å². The number of aromatic amines is 1. The first kappa shape index (κ1) is 20.6. The number of H-pyrrole nitrogens is 1. The SMILES string of the molecule is COc1ccc(CCCCNC(=O)CCc2cc3ccc(F)cc3[nH]c2=O)cc1. The largest absolute Gasteiger partial charge is 0.497 e. The molecule has 0 atom stereocenters. The van der Waals surface area contributed by atoms with Crippen LogP contribution in [0.25, 0.3) is 10.9 Å². The number of ether oxygens (including phenoxy) is 1. The Bertz CT molecular complexity index is 1030. The Kier molecular flexibility index (Phi) is 7.00. The number of aryl methyl sites for hydroxylation is 2. The van der Waals surface area contributed by atoms with Crippen LogP contribution in [0.4, 0.5) is 4.39 Å². The van der Waals surface area contributed by atoms with Crippen LogP contribution in [0.2, 0.25) is 0 Å². The molecule has 3 aromatic rings. The molecule has 2 N–H and O–H groups in total. The van der Waals surface area contributed by atoms with E-state index in [1.807, 2.05) is 24.3 Å². The predicted molar refractivity (Wildman–Crippen MR) is 112 cm³/mol. The smallest absolute Gasteiger partial charge is 0.251 e. The Labute approximate surface area is 168 Å². The summed E-state index contributed by atoms with van der Waals surface area (Å²) in [7, 11) is 1.65. The van der Waals surface area contributed by atoms with Gasteiger partial charge in [0.1, 0.15) is 11.6 Å². The monoisotopic (exact) mass is 396 g/mol. The Hall–Kier alpha value is -3.15. The van der Waals surface area contributed by atoms with E-state index in [1.54, 1.807) is 19.2 Å². The van der Waals surface area contributed by atoms with Gasteiger partial charge in [-0.2, -0.15) is 0 Å². The lowest BCUT2D eigenvalue weighted by Gasteiger charge is -2.07. The Morgan fingerprint density at radius 2 is 1.86 bits per heavy atom. The number of aromatic nitrogens is 1. The lowest BCUT2D eigenvalue weighted by atomic mass is 10.1. The molecule has 1 amide bonds. The van der Waals surface area contributed by atoms with Gasteiger partial charge in [-0.1, -0.05) is 12.1 Å². The number of unbranched alkanes of at least 4 members (excludes halogenated alkanes) is 1. The average molecular weight is 396 g/mol. The standard InChI is InChI=1S/C23H25FN2O3/c1-29-20-10-5-16(6-11-20)4-2-3-13-25-22(27)12-8-18-14-17-7-9-19(24)15-21(17)26-23(18)28/h5-7,9-11,14-15H,2-4,8,12-13H2,1H3,(H,25,27)(H,26,28). The van der Waals surface area contributed by atoms with Crippen molar-refractivity contribution in [3.8, 4) is 5.75 Å². The molecule has 2 aromatic carbocycles. The minimum Gasteiger partial charge on any atom is -0.497 e. The molecule has 0 radical (unpaired) electrons. The highest BCUT2D eigenvalue weighted by atomic mass is 19.1. The molecular weight excluding hydrogens is 371 g/mol. The van der Waals surface area contributed by atoms with Crippen LogP contribution in [-0.4, -0.2) is 24.5 Å². The molecule has 5 nitrogen and oxygen atoms in total. The summed E-state index contributed by atoms with van der Waals surface area (Å²) in [4.78, 5) is 26.8. The van der Waals surface area contributed by atoms with Gasteiger partial charge < -0.3 is 15.0 Å². The minimum absolute atomic E-state index is 0.0759. The summed E-state index contributed by atoms with van der Waals surface area (Å²) in [6.45, 7) is 0.613. The zero-order valence-corrected chi connectivity index (χ0v) is 16.5. The third-order valence-corrected chi connectivity index (χ3v) is 4.88. The third-order valence-electron chi connectivity index (χ3n) is 4.88. The summed E-state index contributed by atoms with van der Waals surface area (Å²) in [6, 6.07) is 14.0. The second-order valence-electron chi connectivity index (χ2n) is 7.01. The van der Waals surface area contributed by atoms with Gasteiger partial charge in [0.2, 0.25) is 5.91 Å². The van der Waals surface area contributed by atoms with Crippen molar-refractivity contribution in [2.45, 2.75) is 32.1 Å². The predicted octanol–water partition coefficient (Wildman–Crippen LogP) is 3.75. The number of halogens is 1. The summed E-state index contributed by atoms with van der Waals surface area (Å²) in [6.07, 6.45) is 3.41. The lowest BCUT2D eigenvalue weighted by Crippen LogP contribution is -2.25. The molecule has 0 saturated carbocycles. The molecule has 0 unspecified atom stereocenters. The van der Waals surface area contributed by atoms with Crippen LogP contribution in [0, 0.1) is 5.82 Å². The summed E-state index contributed by atoms with van der Waals surface area (Å²) >= 11 is 0. The summed E-state index contributed by atoms with van der Waals surface area (Å²) in [5.74, 6) is 0.374. The summed E-state index contributed by atoms with van der Waals surface area (Å²) < 4.78 is 18.4. The fraction of sp³-hybridized carbons (Fsp3) is 0.304. The zero-order valence-electron chi connectivity index (χ0n) is 16.5. The van der Waals surface area contributed by atoms with E-state index in [2.05, 4.69) is 10.3 Å². The maximum absolute atomic E-state index is 13.2. The van der Waals surface area contributed by atoms with Gasteiger partial charge in [-0.25, -0.2) is 4.39 Å². The lowest BCUT2D eigenvalue weighted by molar-refractivity contribution is -0.121. The molecular formula is C23H25FN2O3. The van der Waals surface area contributed by atoms with Crippen molar-refractivity contribution in [3.05, 3.63) is 75.8 Å². The fourth-order valence-electron chi connectivity index (χ4n) is 3.21. The summed E-state index contributed by atoms with van der Waals surface area (Å²) in [5.41, 5.74) is 1.95. The van der Waals surface area contributed by atoms with Crippen LogP contribution in [0.15, 0.2) is 53.3 Å². The topological polar surface area (TPSA) is 71.2 Å². The van der Waals surface area contributed by atoms with E-state index in [1.165, 1.54) is 17.7 Å². The molecule has 0 aliphatic heterocycles. The van der Waals surface area contributed by atoms with Crippen molar-refractivity contribution in [2.75, 3.05) is 13.7 Å². The highest BCUT2D eigenvalue weighted by molar-refractivity contribution is 5.79. The van der Waals surface area contributed by atoms with Gasteiger partial charge in [0.25, 0.3) is 5.56 Å². The van der Waals surface area contributed by atoms with Crippen molar-refractivity contribution < 1.29 is 13.9 Å². The van der Waals surface area contributed by atoms with Gasteiger partial charge in [0, 0.05) is 18.5 Å². The second-order valence-corrected chi connectivity index (χ2v) is 7.01. The molecule has 1 heterocycles. The van der Waals surface area contributed by atoms with Crippen LogP contribution in [-0.2, 0) is 17.6 Å². The molecule has 3 rings (SSSR count). The van der Waals surface area contributed by atoms with E-state index in [9.17, 15) is 14.0 Å². The van der Waals surface area contributed by atoms with Crippen LogP contribution in [0.5, 0.6) is 5.75 Å². The van der Waals surface area contributed by atoms with Gasteiger partial charge in [-0.05, 0) is 73.0 Å². The van der Waals surface area contributed by atoms with E-state index in [4.69, 9.17) is 4.74 Å². The fourth-order valence-corrected chi connectivity index (χ4v) is 3.21. The van der Waals surface area contributed by atoms with Crippen molar-refractivity contribution >= 4 is 16.8 Å².